The van der Waals surface area contributed by atoms with Crippen LogP contribution in [0, 0.1) is 0 Å². The van der Waals surface area contributed by atoms with Gasteiger partial charge in [-0.3, -0.25) is 4.98 Å². The first kappa shape index (κ1) is 19.3. The van der Waals surface area contributed by atoms with Gasteiger partial charge in [0.05, 0.1) is 24.5 Å². The van der Waals surface area contributed by atoms with Crippen molar-refractivity contribution in [3.63, 3.8) is 0 Å². The lowest BCUT2D eigenvalue weighted by atomic mass is 10.0. The highest BCUT2D eigenvalue weighted by atomic mass is 16.6. The number of carbonyl (C=O) groups is 1. The van der Waals surface area contributed by atoms with Crippen molar-refractivity contribution >= 4 is 22.7 Å². The number of anilines is 1. The molecule has 1 aromatic carbocycles. The Hall–Kier alpha value is -2.50. The molecule has 1 aliphatic rings. The van der Waals surface area contributed by atoms with E-state index in [0.29, 0.717) is 19.1 Å². The molecule has 0 saturated carbocycles. The van der Waals surface area contributed by atoms with Crippen LogP contribution in [0.5, 0.6) is 5.75 Å². The molecule has 0 spiro atoms. The molecule has 6 heteroatoms. The van der Waals surface area contributed by atoms with Crippen molar-refractivity contribution in [1.29, 1.82) is 0 Å². The first-order valence-corrected chi connectivity index (χ1v) is 9.41. The third-order valence-corrected chi connectivity index (χ3v) is 4.95. The molecule has 3 rings (SSSR count). The summed E-state index contributed by atoms with van der Waals surface area (Å²) in [5.41, 5.74) is 1.55. The Kier molecular flexibility index (Phi) is 5.44. The minimum Gasteiger partial charge on any atom is -0.497 e. The smallest absolute Gasteiger partial charge is 0.410 e. The van der Waals surface area contributed by atoms with Crippen LogP contribution in [0.3, 0.4) is 0 Å². The molecule has 6 nitrogen and oxygen atoms in total. The molecule has 2 heterocycles. The Bertz CT molecular complexity index is 808. The minimum atomic E-state index is -0.454. The van der Waals surface area contributed by atoms with Crippen molar-refractivity contribution in [2.45, 2.75) is 45.3 Å². The van der Waals surface area contributed by atoms with Crippen LogP contribution in [0.1, 0.15) is 33.6 Å². The molecule has 0 atom stereocenters. The summed E-state index contributed by atoms with van der Waals surface area (Å²) in [5.74, 6) is 0.811. The number of nitrogens with zero attached hydrogens (tertiary/aromatic N) is 3. The van der Waals surface area contributed by atoms with Crippen LogP contribution in [-0.4, -0.2) is 54.9 Å². The van der Waals surface area contributed by atoms with E-state index < -0.39 is 5.60 Å². The van der Waals surface area contributed by atoms with E-state index in [1.807, 2.05) is 45.2 Å². The lowest BCUT2D eigenvalue weighted by Gasteiger charge is -2.38. The summed E-state index contributed by atoms with van der Waals surface area (Å²) < 4.78 is 10.7. The first-order valence-electron chi connectivity index (χ1n) is 9.41. The molecule has 0 bridgehead atoms. The van der Waals surface area contributed by atoms with Gasteiger partial charge in [-0.1, -0.05) is 0 Å². The number of hydrogen-bond donors (Lipinski definition) is 0. The van der Waals surface area contributed by atoms with Crippen LogP contribution in [0.25, 0.3) is 10.9 Å². The zero-order valence-electron chi connectivity index (χ0n) is 16.9. The Morgan fingerprint density at radius 2 is 1.93 bits per heavy atom. The van der Waals surface area contributed by atoms with E-state index >= 15 is 0 Å². The van der Waals surface area contributed by atoms with E-state index in [-0.39, 0.29) is 6.09 Å². The predicted molar refractivity (Wildman–Crippen MR) is 108 cm³/mol. The summed E-state index contributed by atoms with van der Waals surface area (Å²) in [5, 5.41) is 1.09. The van der Waals surface area contributed by atoms with Gasteiger partial charge in [-0.2, -0.15) is 0 Å². The van der Waals surface area contributed by atoms with Gasteiger partial charge in [0.15, 0.2) is 0 Å². The van der Waals surface area contributed by atoms with Gasteiger partial charge in [0.2, 0.25) is 0 Å². The molecule has 0 aliphatic carbocycles. The van der Waals surface area contributed by atoms with Gasteiger partial charge < -0.3 is 19.3 Å². The summed E-state index contributed by atoms with van der Waals surface area (Å²) in [6, 6.07) is 8.46. The number of benzene rings is 1. The molecule has 1 amide bonds. The van der Waals surface area contributed by atoms with Crippen molar-refractivity contribution in [3.05, 3.63) is 30.5 Å². The van der Waals surface area contributed by atoms with Crippen LogP contribution in [-0.2, 0) is 4.74 Å². The quantitative estimate of drug-likeness (QED) is 0.814. The molecule has 2 aromatic rings. The number of rotatable bonds is 3. The van der Waals surface area contributed by atoms with Crippen LogP contribution in [0.2, 0.25) is 0 Å². The summed E-state index contributed by atoms with van der Waals surface area (Å²) in [6.45, 7) is 7.11. The number of methoxy groups -OCH3 is 1. The highest BCUT2D eigenvalue weighted by Crippen LogP contribution is 2.27. The third-order valence-electron chi connectivity index (χ3n) is 4.95. The fraction of sp³-hybridized carbons (Fsp3) is 0.524. The average molecular weight is 371 g/mol. The van der Waals surface area contributed by atoms with Gasteiger partial charge in [-0.15, -0.1) is 0 Å². The number of pyridine rings is 1. The van der Waals surface area contributed by atoms with E-state index in [1.54, 1.807) is 12.0 Å². The van der Waals surface area contributed by atoms with Crippen LogP contribution < -0.4 is 9.64 Å². The Balaban J connectivity index is 1.64. The van der Waals surface area contributed by atoms with Crippen LogP contribution >= 0.6 is 0 Å². The lowest BCUT2D eigenvalue weighted by Crippen LogP contribution is -2.47. The third kappa shape index (κ3) is 4.62. The maximum atomic E-state index is 12.2. The summed E-state index contributed by atoms with van der Waals surface area (Å²) in [6.07, 6.45) is 3.51. The second-order valence-electron chi connectivity index (χ2n) is 8.06. The summed E-state index contributed by atoms with van der Waals surface area (Å²) in [7, 11) is 3.76. The van der Waals surface area contributed by atoms with Gasteiger partial charge >= 0.3 is 6.09 Å². The van der Waals surface area contributed by atoms with Crippen LogP contribution in [0.15, 0.2) is 30.5 Å². The molecule has 27 heavy (non-hydrogen) atoms. The average Bonchev–Trinajstić information content (AvgIpc) is 2.65. The predicted octanol–water partition coefficient (Wildman–Crippen LogP) is 4.08. The molecule has 0 radical (unpaired) electrons. The van der Waals surface area contributed by atoms with Crippen molar-refractivity contribution in [3.8, 4) is 5.75 Å². The second kappa shape index (κ2) is 7.62. The molecule has 0 unspecified atom stereocenters. The number of fused-ring (bicyclic) bond motifs is 1. The second-order valence-corrected chi connectivity index (χ2v) is 8.06. The fourth-order valence-corrected chi connectivity index (χ4v) is 3.38. The Morgan fingerprint density at radius 3 is 2.56 bits per heavy atom. The number of aromatic nitrogens is 1. The van der Waals surface area contributed by atoms with Gasteiger partial charge in [-0.05, 0) is 51.8 Å². The summed E-state index contributed by atoms with van der Waals surface area (Å²) in [4.78, 5) is 20.9. The molecule has 1 saturated heterocycles. The molecule has 146 valence electrons. The molecule has 1 aromatic heterocycles. The number of hydrogen-bond acceptors (Lipinski definition) is 5. The number of amides is 1. The van der Waals surface area contributed by atoms with Crippen molar-refractivity contribution in [2.24, 2.45) is 0 Å². The lowest BCUT2D eigenvalue weighted by molar-refractivity contribution is 0.0205. The fourth-order valence-electron chi connectivity index (χ4n) is 3.38. The normalized spacial score (nSPS) is 15.7. The summed E-state index contributed by atoms with van der Waals surface area (Å²) >= 11 is 0. The highest BCUT2D eigenvalue weighted by molar-refractivity contribution is 5.83. The van der Waals surface area contributed by atoms with Crippen molar-refractivity contribution in [2.75, 3.05) is 32.1 Å². The molecular weight excluding hydrogens is 342 g/mol. The van der Waals surface area contributed by atoms with E-state index in [1.165, 1.54) is 0 Å². The molecule has 1 fully saturated rings. The van der Waals surface area contributed by atoms with E-state index in [9.17, 15) is 4.79 Å². The van der Waals surface area contributed by atoms with Crippen LogP contribution in [0.4, 0.5) is 10.5 Å². The Labute approximate surface area is 161 Å². The van der Waals surface area contributed by atoms with Gasteiger partial charge in [0, 0.05) is 37.6 Å². The SMILES string of the molecule is COc1ccc2cc(N(C)C3CCN(C(=O)OC(C)(C)C)CC3)cnc2c1. The molecular formula is C21H29N3O3. The zero-order valence-corrected chi connectivity index (χ0v) is 16.9. The minimum absolute atomic E-state index is 0.218. The standard InChI is InChI=1S/C21H29N3O3/c1-21(2,3)27-20(25)24-10-8-16(9-11-24)23(4)17-12-15-6-7-18(26-5)13-19(15)22-14-17/h6-7,12-14,16H,8-11H2,1-5H3. The maximum Gasteiger partial charge on any atom is 0.410 e. The number of carbonyl (C=O) groups excluding carboxylic acids is 1. The number of ether oxygens (including phenoxy) is 2. The number of piperidine rings is 1. The molecule has 0 N–H and O–H groups in total. The van der Waals surface area contributed by atoms with Gasteiger partial charge in [0.1, 0.15) is 11.4 Å². The largest absolute Gasteiger partial charge is 0.497 e. The maximum absolute atomic E-state index is 12.2. The highest BCUT2D eigenvalue weighted by Gasteiger charge is 2.28. The van der Waals surface area contributed by atoms with E-state index in [4.69, 9.17) is 9.47 Å². The monoisotopic (exact) mass is 371 g/mol. The topological polar surface area (TPSA) is 54.9 Å². The van der Waals surface area contributed by atoms with E-state index in [2.05, 4.69) is 23.0 Å². The number of likely N-dealkylation sites (tertiary alicyclic amines) is 1. The molecule has 1 aliphatic heterocycles. The van der Waals surface area contributed by atoms with Crippen molar-refractivity contribution in [1.82, 2.24) is 9.88 Å². The first-order chi connectivity index (χ1) is 12.8. The van der Waals surface area contributed by atoms with E-state index in [0.717, 1.165) is 35.2 Å². The van der Waals surface area contributed by atoms with Crippen molar-refractivity contribution < 1.29 is 14.3 Å². The van der Waals surface area contributed by atoms with Gasteiger partial charge in [-0.25, -0.2) is 4.79 Å². The van der Waals surface area contributed by atoms with Gasteiger partial charge in [0.25, 0.3) is 0 Å². The zero-order chi connectivity index (χ0) is 19.6. The Morgan fingerprint density at radius 1 is 1.22 bits per heavy atom.